The number of rotatable bonds is 8. The van der Waals surface area contributed by atoms with Crippen LogP contribution in [0, 0.1) is 17.8 Å². The molecule has 0 aromatic carbocycles. The minimum Gasteiger partial charge on any atom is -0.463 e. The van der Waals surface area contributed by atoms with Crippen LogP contribution >= 0.6 is 0 Å². The van der Waals surface area contributed by atoms with Crippen LogP contribution in [0.25, 0.3) is 0 Å². The lowest BCUT2D eigenvalue weighted by atomic mass is 9.98. The maximum absolute atomic E-state index is 11.3. The van der Waals surface area contributed by atoms with Crippen molar-refractivity contribution in [1.82, 2.24) is 5.32 Å². The van der Waals surface area contributed by atoms with Crippen molar-refractivity contribution in [2.24, 2.45) is 17.8 Å². The zero-order chi connectivity index (χ0) is 12.3. The van der Waals surface area contributed by atoms with Crippen LogP contribution in [0.5, 0.6) is 0 Å². The van der Waals surface area contributed by atoms with Gasteiger partial charge < -0.3 is 10.1 Å². The third-order valence-electron chi connectivity index (χ3n) is 3.74. The molecule has 2 aliphatic carbocycles. The number of ether oxygens (including phenoxy) is 1. The molecule has 0 aliphatic heterocycles. The van der Waals surface area contributed by atoms with Gasteiger partial charge in [-0.1, -0.05) is 6.58 Å². The van der Waals surface area contributed by atoms with Crippen LogP contribution in [-0.4, -0.2) is 25.7 Å². The van der Waals surface area contributed by atoms with E-state index in [1.165, 1.54) is 25.7 Å². The molecule has 0 atom stereocenters. The van der Waals surface area contributed by atoms with Crippen LogP contribution in [0.3, 0.4) is 0 Å². The summed E-state index contributed by atoms with van der Waals surface area (Å²) in [7, 11) is 0. The molecule has 2 fully saturated rings. The lowest BCUT2D eigenvalue weighted by Crippen LogP contribution is -2.29. The largest absolute Gasteiger partial charge is 0.463 e. The normalized spacial score (nSPS) is 19.4. The molecule has 2 aliphatic rings. The first-order valence-corrected chi connectivity index (χ1v) is 6.78. The van der Waals surface area contributed by atoms with E-state index in [0.29, 0.717) is 18.7 Å². The fourth-order valence-electron chi connectivity index (χ4n) is 2.46. The Balaban J connectivity index is 1.64. The van der Waals surface area contributed by atoms with Crippen molar-refractivity contribution >= 4 is 5.97 Å². The first kappa shape index (κ1) is 12.6. The maximum Gasteiger partial charge on any atom is 0.334 e. The summed E-state index contributed by atoms with van der Waals surface area (Å²) >= 11 is 0. The van der Waals surface area contributed by atoms with Crippen LogP contribution in [0.4, 0.5) is 0 Å². The molecule has 1 N–H and O–H groups in total. The summed E-state index contributed by atoms with van der Waals surface area (Å²) in [6.07, 6.45) is 5.62. The Morgan fingerprint density at radius 3 is 2.41 bits per heavy atom. The fourth-order valence-corrected chi connectivity index (χ4v) is 2.46. The number of esters is 1. The van der Waals surface area contributed by atoms with Crippen LogP contribution in [-0.2, 0) is 9.53 Å². The van der Waals surface area contributed by atoms with E-state index in [2.05, 4.69) is 11.9 Å². The molecule has 3 nitrogen and oxygen atoms in total. The van der Waals surface area contributed by atoms with E-state index in [1.807, 2.05) is 6.92 Å². The molecule has 0 saturated heterocycles. The Bertz CT molecular complexity index is 281. The fraction of sp³-hybridized carbons (Fsp3) is 0.786. The third-order valence-corrected chi connectivity index (χ3v) is 3.74. The van der Waals surface area contributed by atoms with Crippen molar-refractivity contribution in [2.75, 3.05) is 19.7 Å². The predicted octanol–water partition coefficient (Wildman–Crippen LogP) is 2.13. The Hall–Kier alpha value is -0.830. The molecular weight excluding hydrogens is 214 g/mol. The second-order valence-electron chi connectivity index (χ2n) is 5.29. The second kappa shape index (κ2) is 5.67. The average Bonchev–Trinajstić information content (AvgIpc) is 3.17. The number of nitrogens with one attached hydrogen (secondary N) is 1. The monoisotopic (exact) mass is 237 g/mol. The van der Waals surface area contributed by atoms with Gasteiger partial charge in [0.2, 0.25) is 0 Å². The highest BCUT2D eigenvalue weighted by Crippen LogP contribution is 2.48. The highest BCUT2D eigenvalue weighted by Gasteiger charge is 2.40. The summed E-state index contributed by atoms with van der Waals surface area (Å²) in [5.74, 6) is 2.47. The van der Waals surface area contributed by atoms with Gasteiger partial charge in [0, 0.05) is 12.1 Å². The van der Waals surface area contributed by atoms with Crippen LogP contribution in [0.15, 0.2) is 12.2 Å². The molecule has 0 aromatic rings. The van der Waals surface area contributed by atoms with E-state index in [1.54, 1.807) is 0 Å². The summed E-state index contributed by atoms with van der Waals surface area (Å²) in [4.78, 5) is 11.3. The SMILES string of the molecule is C=C(CNCC(C1CC1)C1CC1)C(=O)OCC. The van der Waals surface area contributed by atoms with Gasteiger partial charge in [-0.05, 0) is 56.9 Å². The minimum absolute atomic E-state index is 0.269. The molecular formula is C14H23NO2. The first-order chi connectivity index (χ1) is 8.22. The van der Waals surface area contributed by atoms with Crippen molar-refractivity contribution in [3.63, 3.8) is 0 Å². The number of carbonyl (C=O) groups is 1. The van der Waals surface area contributed by atoms with E-state index >= 15 is 0 Å². The Morgan fingerprint density at radius 1 is 1.35 bits per heavy atom. The van der Waals surface area contributed by atoms with Crippen molar-refractivity contribution in [2.45, 2.75) is 32.6 Å². The molecule has 2 rings (SSSR count). The summed E-state index contributed by atoms with van der Waals surface area (Å²) in [6.45, 7) is 7.59. The molecule has 0 radical (unpaired) electrons. The van der Waals surface area contributed by atoms with Gasteiger partial charge in [-0.25, -0.2) is 4.79 Å². The predicted molar refractivity (Wildman–Crippen MR) is 67.6 cm³/mol. The van der Waals surface area contributed by atoms with Gasteiger partial charge in [0.1, 0.15) is 0 Å². The van der Waals surface area contributed by atoms with E-state index in [9.17, 15) is 4.79 Å². The molecule has 0 bridgehead atoms. The molecule has 17 heavy (non-hydrogen) atoms. The van der Waals surface area contributed by atoms with Gasteiger partial charge in [0.15, 0.2) is 0 Å². The van der Waals surface area contributed by atoms with Crippen molar-refractivity contribution in [1.29, 1.82) is 0 Å². The van der Waals surface area contributed by atoms with Gasteiger partial charge in [0.25, 0.3) is 0 Å². The van der Waals surface area contributed by atoms with E-state index in [0.717, 1.165) is 24.3 Å². The van der Waals surface area contributed by atoms with Gasteiger partial charge in [-0.2, -0.15) is 0 Å². The van der Waals surface area contributed by atoms with Gasteiger partial charge in [0.05, 0.1) is 6.61 Å². The highest BCUT2D eigenvalue weighted by molar-refractivity contribution is 5.88. The zero-order valence-corrected chi connectivity index (χ0v) is 10.7. The second-order valence-corrected chi connectivity index (χ2v) is 5.29. The molecule has 0 amide bonds. The van der Waals surface area contributed by atoms with Gasteiger partial charge >= 0.3 is 5.97 Å². The van der Waals surface area contributed by atoms with E-state index in [-0.39, 0.29) is 5.97 Å². The molecule has 96 valence electrons. The van der Waals surface area contributed by atoms with Crippen molar-refractivity contribution in [3.05, 3.63) is 12.2 Å². The number of hydrogen-bond acceptors (Lipinski definition) is 3. The Morgan fingerprint density at radius 2 is 1.94 bits per heavy atom. The molecule has 3 heteroatoms. The lowest BCUT2D eigenvalue weighted by Gasteiger charge is -2.16. The quantitative estimate of drug-likeness (QED) is 0.519. The Labute approximate surface area is 104 Å². The van der Waals surface area contributed by atoms with Crippen molar-refractivity contribution < 1.29 is 9.53 Å². The average molecular weight is 237 g/mol. The molecule has 0 spiro atoms. The third kappa shape index (κ3) is 3.84. The zero-order valence-electron chi connectivity index (χ0n) is 10.7. The van der Waals surface area contributed by atoms with E-state index < -0.39 is 0 Å². The minimum atomic E-state index is -0.269. The van der Waals surface area contributed by atoms with Crippen LogP contribution in [0.1, 0.15) is 32.6 Å². The highest BCUT2D eigenvalue weighted by atomic mass is 16.5. The molecule has 2 saturated carbocycles. The van der Waals surface area contributed by atoms with E-state index in [4.69, 9.17) is 4.74 Å². The summed E-state index contributed by atoms with van der Waals surface area (Å²) in [5.41, 5.74) is 0.539. The molecule has 0 aromatic heterocycles. The van der Waals surface area contributed by atoms with Gasteiger partial charge in [-0.3, -0.25) is 0 Å². The smallest absolute Gasteiger partial charge is 0.334 e. The van der Waals surface area contributed by atoms with Gasteiger partial charge in [-0.15, -0.1) is 0 Å². The topological polar surface area (TPSA) is 38.3 Å². The number of hydrogen-bond donors (Lipinski definition) is 1. The molecule has 0 heterocycles. The standard InChI is InChI=1S/C14H23NO2/c1-3-17-14(16)10(2)8-15-9-13(11-4-5-11)12-6-7-12/h11-13,15H,2-9H2,1H3. The van der Waals surface area contributed by atoms with Crippen LogP contribution in [0.2, 0.25) is 0 Å². The summed E-state index contributed by atoms with van der Waals surface area (Å²) in [5, 5.41) is 3.37. The summed E-state index contributed by atoms with van der Waals surface area (Å²) in [6, 6.07) is 0. The lowest BCUT2D eigenvalue weighted by molar-refractivity contribution is -0.138. The summed E-state index contributed by atoms with van der Waals surface area (Å²) < 4.78 is 4.90. The maximum atomic E-state index is 11.3. The van der Waals surface area contributed by atoms with Crippen molar-refractivity contribution in [3.8, 4) is 0 Å². The Kier molecular flexibility index (Phi) is 4.21. The molecule has 0 unspecified atom stereocenters. The van der Waals surface area contributed by atoms with Crippen LogP contribution < -0.4 is 5.32 Å². The number of carbonyl (C=O) groups excluding carboxylic acids is 1. The first-order valence-electron chi connectivity index (χ1n) is 6.78.